The summed E-state index contributed by atoms with van der Waals surface area (Å²) in [7, 11) is 2.05. The average Bonchev–Trinajstić information content (AvgIpc) is 2.66. The first kappa shape index (κ1) is 13.7. The van der Waals surface area contributed by atoms with E-state index in [1.165, 1.54) is 42.7 Å². The summed E-state index contributed by atoms with van der Waals surface area (Å²) in [6.45, 7) is 2.20. The van der Waals surface area contributed by atoms with Gasteiger partial charge in [-0.1, -0.05) is 35.9 Å². The number of aromatic nitrogens is 2. The van der Waals surface area contributed by atoms with Crippen molar-refractivity contribution < 1.29 is 0 Å². The van der Waals surface area contributed by atoms with E-state index in [9.17, 15) is 0 Å². The smallest absolute Gasteiger partial charge is 0.0807 e. The van der Waals surface area contributed by atoms with E-state index < -0.39 is 0 Å². The van der Waals surface area contributed by atoms with Gasteiger partial charge in [0.05, 0.1) is 16.6 Å². The zero-order valence-corrected chi connectivity index (χ0v) is 12.2. The number of likely N-dealkylation sites (N-methyl/N-ethyl adjacent to an activating group) is 1. The molecule has 0 bridgehead atoms. The molecule has 1 heterocycles. The lowest BCUT2D eigenvalue weighted by atomic mass is 9.99. The third-order valence-electron chi connectivity index (χ3n) is 3.57. The second kappa shape index (κ2) is 7.00. The van der Waals surface area contributed by atoms with Crippen LogP contribution in [-0.2, 0) is 6.42 Å². The number of aryl methyl sites for hydroxylation is 1. The summed E-state index contributed by atoms with van der Waals surface area (Å²) < 4.78 is 4.15. The Morgan fingerprint density at radius 3 is 3.06 bits per heavy atom. The van der Waals surface area contributed by atoms with Crippen molar-refractivity contribution >= 4 is 11.5 Å². The van der Waals surface area contributed by atoms with Crippen LogP contribution in [-0.4, -0.2) is 16.6 Å². The molecule has 0 aromatic carbocycles. The third kappa shape index (κ3) is 3.18. The van der Waals surface area contributed by atoms with Gasteiger partial charge in [-0.15, -0.1) is 5.10 Å². The van der Waals surface area contributed by atoms with Gasteiger partial charge in [-0.2, -0.15) is 0 Å². The number of hydrogen-bond donors (Lipinski definition) is 1. The molecule has 1 aromatic heterocycles. The minimum absolute atomic E-state index is 0.338. The van der Waals surface area contributed by atoms with Gasteiger partial charge in [0.1, 0.15) is 0 Å². The molecule has 0 spiro atoms. The van der Waals surface area contributed by atoms with Gasteiger partial charge in [0.15, 0.2) is 0 Å². The summed E-state index contributed by atoms with van der Waals surface area (Å²) in [4.78, 5) is 1.33. The molecule has 4 heteroatoms. The Labute approximate surface area is 114 Å². The third-order valence-corrected chi connectivity index (χ3v) is 4.40. The summed E-state index contributed by atoms with van der Waals surface area (Å²) in [6, 6.07) is 0.338. The Morgan fingerprint density at radius 1 is 1.39 bits per heavy atom. The van der Waals surface area contributed by atoms with E-state index in [1.54, 1.807) is 17.1 Å². The molecule has 0 aliphatic heterocycles. The minimum Gasteiger partial charge on any atom is -0.309 e. The molecule has 3 nitrogen and oxygen atoms in total. The predicted molar refractivity (Wildman–Crippen MR) is 76.9 cm³/mol. The molecule has 0 radical (unpaired) electrons. The first-order valence-electron chi connectivity index (χ1n) is 7.04. The van der Waals surface area contributed by atoms with Crippen molar-refractivity contribution in [3.63, 3.8) is 0 Å². The van der Waals surface area contributed by atoms with Crippen molar-refractivity contribution in [3.05, 3.63) is 22.2 Å². The fraction of sp³-hybridized carbons (Fsp3) is 0.714. The summed E-state index contributed by atoms with van der Waals surface area (Å²) >= 11 is 1.56. The van der Waals surface area contributed by atoms with Crippen LogP contribution >= 0.6 is 11.5 Å². The number of hydrogen-bond acceptors (Lipinski definition) is 4. The highest BCUT2D eigenvalue weighted by Crippen LogP contribution is 2.32. The van der Waals surface area contributed by atoms with E-state index in [1.807, 2.05) is 7.05 Å². The number of allylic oxidation sites excluding steroid dienone is 1. The summed E-state index contributed by atoms with van der Waals surface area (Å²) in [5.41, 5.74) is 2.73. The monoisotopic (exact) mass is 265 g/mol. The first-order chi connectivity index (χ1) is 8.86. The molecule has 18 heavy (non-hydrogen) atoms. The number of nitrogens with one attached hydrogen (secondary N) is 1. The normalized spacial score (nSPS) is 18.2. The van der Waals surface area contributed by atoms with E-state index in [2.05, 4.69) is 27.9 Å². The largest absolute Gasteiger partial charge is 0.309 e. The van der Waals surface area contributed by atoms with Gasteiger partial charge >= 0.3 is 0 Å². The molecule has 0 fully saturated rings. The molecule has 1 aliphatic rings. The lowest BCUT2D eigenvalue weighted by molar-refractivity contribution is 0.629. The van der Waals surface area contributed by atoms with Crippen LogP contribution in [0.25, 0.3) is 0 Å². The van der Waals surface area contributed by atoms with E-state index in [0.717, 1.165) is 12.8 Å². The predicted octanol–water partition coefficient (Wildman–Crippen LogP) is 3.64. The van der Waals surface area contributed by atoms with Crippen LogP contribution in [0.2, 0.25) is 0 Å². The molecular formula is C14H23N3S. The highest BCUT2D eigenvalue weighted by Gasteiger charge is 2.21. The average molecular weight is 265 g/mol. The second-order valence-electron chi connectivity index (χ2n) is 4.93. The Balaban J connectivity index is 2.20. The van der Waals surface area contributed by atoms with E-state index in [4.69, 9.17) is 0 Å². The van der Waals surface area contributed by atoms with Crippen molar-refractivity contribution in [2.45, 2.75) is 57.9 Å². The van der Waals surface area contributed by atoms with E-state index >= 15 is 0 Å². The van der Waals surface area contributed by atoms with Crippen LogP contribution < -0.4 is 5.32 Å². The molecule has 1 aromatic rings. The van der Waals surface area contributed by atoms with Gasteiger partial charge in [-0.3, -0.25) is 0 Å². The summed E-state index contributed by atoms with van der Waals surface area (Å²) in [5, 5.41) is 7.76. The highest BCUT2D eigenvalue weighted by molar-refractivity contribution is 7.05. The van der Waals surface area contributed by atoms with Crippen molar-refractivity contribution in [1.29, 1.82) is 0 Å². The van der Waals surface area contributed by atoms with Crippen molar-refractivity contribution in [2.24, 2.45) is 0 Å². The van der Waals surface area contributed by atoms with Crippen LogP contribution in [0.4, 0.5) is 0 Å². The Bertz CT molecular complexity index is 397. The second-order valence-corrected chi connectivity index (χ2v) is 5.72. The molecule has 1 unspecified atom stereocenters. The number of rotatable bonds is 5. The van der Waals surface area contributed by atoms with Crippen molar-refractivity contribution in [1.82, 2.24) is 14.9 Å². The van der Waals surface area contributed by atoms with Gasteiger partial charge in [0.2, 0.25) is 0 Å². The molecular weight excluding hydrogens is 242 g/mol. The Hall–Kier alpha value is -0.740. The lowest BCUT2D eigenvalue weighted by Crippen LogP contribution is -2.19. The van der Waals surface area contributed by atoms with Crippen LogP contribution in [0.5, 0.6) is 0 Å². The van der Waals surface area contributed by atoms with Crippen molar-refractivity contribution in [3.8, 4) is 0 Å². The van der Waals surface area contributed by atoms with Gasteiger partial charge in [0, 0.05) is 0 Å². The maximum Gasteiger partial charge on any atom is 0.0807 e. The molecule has 1 aliphatic carbocycles. The van der Waals surface area contributed by atoms with Crippen LogP contribution in [0.15, 0.2) is 11.6 Å². The topological polar surface area (TPSA) is 37.8 Å². The molecule has 0 amide bonds. The molecule has 1 atom stereocenters. The molecule has 0 saturated carbocycles. The quantitative estimate of drug-likeness (QED) is 0.826. The highest BCUT2D eigenvalue weighted by atomic mass is 32.1. The van der Waals surface area contributed by atoms with Gasteiger partial charge in [-0.05, 0) is 50.7 Å². The maximum absolute atomic E-state index is 4.29. The number of nitrogens with zero attached hydrogens (tertiary/aromatic N) is 2. The van der Waals surface area contributed by atoms with Crippen LogP contribution in [0, 0.1) is 0 Å². The van der Waals surface area contributed by atoms with Gasteiger partial charge in [-0.25, -0.2) is 0 Å². The van der Waals surface area contributed by atoms with Gasteiger partial charge < -0.3 is 5.32 Å². The minimum atomic E-state index is 0.338. The van der Waals surface area contributed by atoms with Crippen LogP contribution in [0.1, 0.15) is 62.1 Å². The Kier molecular flexibility index (Phi) is 5.32. The van der Waals surface area contributed by atoms with E-state index in [0.29, 0.717) is 6.04 Å². The first-order valence-corrected chi connectivity index (χ1v) is 7.81. The van der Waals surface area contributed by atoms with E-state index in [-0.39, 0.29) is 0 Å². The fourth-order valence-corrected chi connectivity index (χ4v) is 3.48. The maximum atomic E-state index is 4.29. The molecule has 1 N–H and O–H groups in total. The van der Waals surface area contributed by atoms with Gasteiger partial charge in [0.25, 0.3) is 0 Å². The summed E-state index contributed by atoms with van der Waals surface area (Å²) in [5.74, 6) is 0. The fourth-order valence-electron chi connectivity index (χ4n) is 2.63. The lowest BCUT2D eigenvalue weighted by Gasteiger charge is -2.18. The Morgan fingerprint density at radius 2 is 2.28 bits per heavy atom. The SMILES string of the molecule is CCCc1nnsc1C(NC)C1=CCCCCC1. The summed E-state index contributed by atoms with van der Waals surface area (Å²) in [6.07, 6.45) is 11.1. The standard InChI is InChI=1S/C14H23N3S/c1-3-8-12-14(18-17-16-12)13(15-2)11-9-6-4-5-7-10-11/h9,13,15H,3-8,10H2,1-2H3. The van der Waals surface area contributed by atoms with Crippen LogP contribution in [0.3, 0.4) is 0 Å². The molecule has 0 saturated heterocycles. The van der Waals surface area contributed by atoms with Crippen molar-refractivity contribution in [2.75, 3.05) is 7.05 Å². The zero-order chi connectivity index (χ0) is 12.8. The zero-order valence-electron chi connectivity index (χ0n) is 11.4. The molecule has 100 valence electrons. The molecule has 2 rings (SSSR count).